The number of phenolic OH excluding ortho intramolecular Hbond substituents is 4. The summed E-state index contributed by atoms with van der Waals surface area (Å²) in [6.45, 7) is 0.824. The topological polar surface area (TPSA) is 281 Å². The first-order valence-electron chi connectivity index (χ1n) is 17.0. The third-order valence-corrected chi connectivity index (χ3v) is 9.34. The lowest BCUT2D eigenvalue weighted by molar-refractivity contribution is -0.319. The first-order valence-corrected chi connectivity index (χ1v) is 17.0. The maximum absolute atomic E-state index is 13.1. The van der Waals surface area contributed by atoms with Crippen molar-refractivity contribution in [3.8, 4) is 40.2 Å². The van der Waals surface area contributed by atoms with Crippen molar-refractivity contribution in [1.29, 1.82) is 0 Å². The van der Waals surface area contributed by atoms with E-state index in [1.165, 1.54) is 56.5 Å². The van der Waals surface area contributed by atoms with Gasteiger partial charge in [-0.1, -0.05) is 12.1 Å². The number of aliphatic hydroxyl groups excluding tert-OH is 5. The molecule has 0 amide bonds. The van der Waals surface area contributed by atoms with Gasteiger partial charge in [0, 0.05) is 18.2 Å². The number of hydrogen-bond acceptors (Lipinski definition) is 18. The molecule has 0 aliphatic carbocycles. The van der Waals surface area contributed by atoms with E-state index < -0.39 is 97.4 Å². The molecule has 0 radical (unpaired) electrons. The summed E-state index contributed by atoms with van der Waals surface area (Å²) in [5, 5.41) is 93.7. The highest BCUT2D eigenvalue weighted by Crippen LogP contribution is 2.43. The van der Waals surface area contributed by atoms with Crippen molar-refractivity contribution in [2.75, 3.05) is 13.7 Å². The second kappa shape index (κ2) is 16.3. The van der Waals surface area contributed by atoms with Crippen LogP contribution < -0.4 is 14.2 Å². The molecule has 296 valence electrons. The largest absolute Gasteiger partial charge is 0.507 e. The zero-order chi connectivity index (χ0) is 39.7. The number of esters is 1. The summed E-state index contributed by atoms with van der Waals surface area (Å²) in [5.41, 5.74) is 0.566. The van der Waals surface area contributed by atoms with Gasteiger partial charge < -0.3 is 79.1 Å². The van der Waals surface area contributed by atoms with Gasteiger partial charge in [0.05, 0.1) is 26.2 Å². The minimum Gasteiger partial charge on any atom is -0.507 e. The Morgan fingerprint density at radius 3 is 2.29 bits per heavy atom. The van der Waals surface area contributed by atoms with E-state index in [1.54, 1.807) is 6.07 Å². The lowest BCUT2D eigenvalue weighted by Crippen LogP contribution is -2.62. The summed E-state index contributed by atoms with van der Waals surface area (Å²) in [6.07, 6.45) is -14.9. The van der Waals surface area contributed by atoms with E-state index in [9.17, 15) is 55.5 Å². The molecule has 0 saturated carbocycles. The standard InChI is InChI=1S/C37H40O18/c1-15-30(44)32(46)33(47)36(51-15)50-14-27-31(45)35(55-28(43)8-4-16-3-6-19(38)20(39)9-16)34(48)37(54-27)52-18-11-22(41)29-23(42)13-25(53-26(29)12-18)17-5-7-24(49-2)21(40)10-17/h3-12,15,25,27,30-41,44-48H,13-14H2,1-2H3/b8-4+/t15-,25-,27+,30-,31+,32+,33+,34+,35-,36+,37+/m0/s1. The summed E-state index contributed by atoms with van der Waals surface area (Å²) in [5.74, 6) is -3.22. The molecule has 18 heteroatoms. The van der Waals surface area contributed by atoms with Crippen LogP contribution in [-0.2, 0) is 23.7 Å². The monoisotopic (exact) mass is 772 g/mol. The Morgan fingerprint density at radius 2 is 1.58 bits per heavy atom. The van der Waals surface area contributed by atoms with Crippen LogP contribution in [0.2, 0.25) is 0 Å². The number of carbonyl (C=O) groups excluding carboxylic acids is 2. The number of benzene rings is 3. The maximum Gasteiger partial charge on any atom is 0.331 e. The second-order valence-electron chi connectivity index (χ2n) is 13.1. The van der Waals surface area contributed by atoms with Crippen LogP contribution in [0.3, 0.4) is 0 Å². The predicted molar refractivity (Wildman–Crippen MR) is 183 cm³/mol. The van der Waals surface area contributed by atoms with E-state index in [0.29, 0.717) is 11.1 Å². The van der Waals surface area contributed by atoms with Crippen LogP contribution in [0, 0.1) is 0 Å². The summed E-state index contributed by atoms with van der Waals surface area (Å²) < 4.78 is 39.3. The fraction of sp³-hybridized carbons (Fsp3) is 0.405. The van der Waals surface area contributed by atoms with Crippen LogP contribution in [0.4, 0.5) is 0 Å². The summed E-state index contributed by atoms with van der Waals surface area (Å²) in [6, 6.07) is 10.5. The molecule has 0 aromatic heterocycles. The number of phenols is 4. The average Bonchev–Trinajstić information content (AvgIpc) is 3.15. The van der Waals surface area contributed by atoms with Crippen molar-refractivity contribution in [2.45, 2.75) is 80.9 Å². The predicted octanol–water partition coefficient (Wildman–Crippen LogP) is 0.519. The van der Waals surface area contributed by atoms with Gasteiger partial charge in [-0.2, -0.15) is 0 Å². The minimum absolute atomic E-state index is 0.108. The van der Waals surface area contributed by atoms with Crippen molar-refractivity contribution in [1.82, 2.24) is 0 Å². The highest BCUT2D eigenvalue weighted by molar-refractivity contribution is 6.02. The van der Waals surface area contributed by atoms with Gasteiger partial charge >= 0.3 is 5.97 Å². The van der Waals surface area contributed by atoms with E-state index in [1.807, 2.05) is 0 Å². The third kappa shape index (κ3) is 8.41. The number of aliphatic hydroxyl groups is 5. The molecule has 0 bridgehead atoms. The number of Topliss-reactive ketones (excluding diaryl/α,β-unsaturated/α-hetero) is 1. The highest BCUT2D eigenvalue weighted by Gasteiger charge is 2.49. The Kier molecular flexibility index (Phi) is 11.7. The molecule has 55 heavy (non-hydrogen) atoms. The molecule has 18 nitrogen and oxygen atoms in total. The fourth-order valence-electron chi connectivity index (χ4n) is 6.31. The number of ether oxygens (including phenoxy) is 7. The molecular formula is C37H40O18. The van der Waals surface area contributed by atoms with Gasteiger partial charge in [-0.3, -0.25) is 4.79 Å². The molecule has 2 fully saturated rings. The van der Waals surface area contributed by atoms with Gasteiger partial charge in [0.2, 0.25) is 6.29 Å². The Labute approximate surface area is 312 Å². The zero-order valence-electron chi connectivity index (χ0n) is 29.2. The van der Waals surface area contributed by atoms with Crippen LogP contribution >= 0.6 is 0 Å². The van der Waals surface area contributed by atoms with Gasteiger partial charge in [-0.05, 0) is 48.4 Å². The molecular weight excluding hydrogens is 732 g/mol. The first-order chi connectivity index (χ1) is 26.1. The molecule has 3 heterocycles. The van der Waals surface area contributed by atoms with E-state index in [0.717, 1.165) is 12.1 Å². The van der Waals surface area contributed by atoms with Gasteiger partial charge in [0.1, 0.15) is 59.4 Å². The molecule has 3 aliphatic heterocycles. The number of aromatic hydroxyl groups is 4. The van der Waals surface area contributed by atoms with Crippen molar-refractivity contribution in [3.05, 3.63) is 71.3 Å². The van der Waals surface area contributed by atoms with E-state index in [-0.39, 0.29) is 40.7 Å². The van der Waals surface area contributed by atoms with Crippen molar-refractivity contribution in [2.24, 2.45) is 0 Å². The number of fused-ring (bicyclic) bond motifs is 1. The quantitative estimate of drug-likeness (QED) is 0.0771. The molecule has 9 N–H and O–H groups in total. The number of ketones is 1. The van der Waals surface area contributed by atoms with E-state index in [2.05, 4.69) is 0 Å². The van der Waals surface area contributed by atoms with Crippen LogP contribution in [0.1, 0.15) is 40.9 Å². The molecule has 6 rings (SSSR count). The van der Waals surface area contributed by atoms with Crippen molar-refractivity contribution < 1.29 is 88.7 Å². The summed E-state index contributed by atoms with van der Waals surface area (Å²) in [7, 11) is 1.38. The normalized spacial score (nSPS) is 30.7. The van der Waals surface area contributed by atoms with Crippen molar-refractivity contribution >= 4 is 17.8 Å². The minimum atomic E-state index is -1.91. The SMILES string of the molecule is COc1ccc([C@@H]2CC(=O)c3c(O)cc(O[C@@H]4O[C@H](CO[C@@H]5O[C@@H](C)[C@H](O)[C@@H](O)[C@H]5O)[C@@H](O)[C@H](OC(=O)/C=C/c5ccc(O)c(O)c5)[C@H]4O)cc3O2)cc1O. The Bertz CT molecular complexity index is 1910. The van der Waals surface area contributed by atoms with Crippen LogP contribution in [0.15, 0.2) is 54.6 Å². The molecule has 0 spiro atoms. The zero-order valence-corrected chi connectivity index (χ0v) is 29.2. The highest BCUT2D eigenvalue weighted by atomic mass is 16.7. The van der Waals surface area contributed by atoms with Crippen LogP contribution in [-0.4, -0.2) is 133 Å². The first kappa shape index (κ1) is 39.5. The molecule has 3 aromatic carbocycles. The molecule has 2 saturated heterocycles. The maximum atomic E-state index is 13.1. The number of hydrogen-bond donors (Lipinski definition) is 9. The van der Waals surface area contributed by atoms with Gasteiger partial charge in [0.25, 0.3) is 0 Å². The summed E-state index contributed by atoms with van der Waals surface area (Å²) >= 11 is 0. The molecule has 3 aliphatic rings. The number of methoxy groups -OCH3 is 1. The van der Waals surface area contributed by atoms with Crippen LogP contribution in [0.25, 0.3) is 6.08 Å². The fourth-order valence-corrected chi connectivity index (χ4v) is 6.31. The number of rotatable bonds is 10. The molecule has 3 aromatic rings. The molecule has 0 unspecified atom stereocenters. The average molecular weight is 773 g/mol. The Hall–Kier alpha value is -5.18. The van der Waals surface area contributed by atoms with E-state index in [4.69, 9.17) is 33.2 Å². The van der Waals surface area contributed by atoms with Gasteiger partial charge in [0.15, 0.2) is 47.3 Å². The Balaban J connectivity index is 1.24. The smallest absolute Gasteiger partial charge is 0.331 e. The van der Waals surface area contributed by atoms with Gasteiger partial charge in [-0.15, -0.1) is 0 Å². The second-order valence-corrected chi connectivity index (χ2v) is 13.1. The van der Waals surface area contributed by atoms with Crippen molar-refractivity contribution in [3.63, 3.8) is 0 Å². The number of carbonyl (C=O) groups is 2. The van der Waals surface area contributed by atoms with E-state index >= 15 is 0 Å². The van der Waals surface area contributed by atoms with Gasteiger partial charge in [-0.25, -0.2) is 4.79 Å². The lowest BCUT2D eigenvalue weighted by atomic mass is 9.95. The van der Waals surface area contributed by atoms with Crippen LogP contribution in [0.5, 0.6) is 40.2 Å². The third-order valence-electron chi connectivity index (χ3n) is 9.34. The Morgan fingerprint density at radius 1 is 0.818 bits per heavy atom. The molecule has 11 atom stereocenters. The summed E-state index contributed by atoms with van der Waals surface area (Å²) in [4.78, 5) is 26.1. The lowest BCUT2D eigenvalue weighted by Gasteiger charge is -2.43.